The fraction of sp³-hybridized carbons (Fsp3) is 0.632. The topological polar surface area (TPSA) is 32.3 Å². The number of amides is 1. The van der Waals surface area contributed by atoms with Gasteiger partial charge in [0.1, 0.15) is 0 Å². The molecule has 2 fully saturated rings. The Hall–Kier alpha value is -1.35. The van der Waals surface area contributed by atoms with E-state index in [9.17, 15) is 4.79 Å². The number of nitrogens with zero attached hydrogens (tertiary/aromatic N) is 1. The molecule has 120 valence electrons. The van der Waals surface area contributed by atoms with E-state index in [2.05, 4.69) is 34.5 Å². The van der Waals surface area contributed by atoms with Crippen LogP contribution in [0.5, 0.6) is 0 Å². The highest BCUT2D eigenvalue weighted by Crippen LogP contribution is 2.43. The molecule has 0 radical (unpaired) electrons. The van der Waals surface area contributed by atoms with Crippen LogP contribution in [-0.4, -0.2) is 37.5 Å². The summed E-state index contributed by atoms with van der Waals surface area (Å²) in [4.78, 5) is 15.4. The number of rotatable bonds is 4. The number of likely N-dealkylation sites (tertiary alicyclic amines) is 1. The Morgan fingerprint density at radius 2 is 1.82 bits per heavy atom. The predicted octanol–water partition coefficient (Wildman–Crippen LogP) is 2.96. The van der Waals surface area contributed by atoms with Crippen LogP contribution in [0.1, 0.15) is 44.1 Å². The number of carbonyl (C=O) groups excluding carboxylic acids is 1. The number of carbonyl (C=O) groups is 1. The second-order valence-electron chi connectivity index (χ2n) is 6.95. The smallest absolute Gasteiger partial charge is 0.233 e. The van der Waals surface area contributed by atoms with Crippen LogP contribution in [-0.2, 0) is 10.2 Å². The van der Waals surface area contributed by atoms with Gasteiger partial charge in [-0.3, -0.25) is 4.79 Å². The summed E-state index contributed by atoms with van der Waals surface area (Å²) < 4.78 is 0. The summed E-state index contributed by atoms with van der Waals surface area (Å²) in [6, 6.07) is 10.5. The minimum atomic E-state index is -0.239. The van der Waals surface area contributed by atoms with Crippen LogP contribution in [0.2, 0.25) is 0 Å². The molecule has 1 aliphatic heterocycles. The molecule has 2 aliphatic rings. The summed E-state index contributed by atoms with van der Waals surface area (Å²) in [7, 11) is 2.01. The Labute approximate surface area is 134 Å². The first-order valence-electron chi connectivity index (χ1n) is 8.76. The van der Waals surface area contributed by atoms with Gasteiger partial charge in [0.25, 0.3) is 0 Å². The standard InChI is InChI=1S/C19H28N2O/c1-20-15-16-9-13-21(14-10-16)18(22)19(11-5-6-12-19)17-7-3-2-4-8-17/h2-4,7-8,16,20H,5-6,9-15H2,1H3. The fourth-order valence-electron chi connectivity index (χ4n) is 4.29. The van der Waals surface area contributed by atoms with E-state index in [4.69, 9.17) is 0 Å². The maximum atomic E-state index is 13.3. The van der Waals surface area contributed by atoms with Gasteiger partial charge in [-0.15, -0.1) is 0 Å². The Balaban J connectivity index is 1.75. The van der Waals surface area contributed by atoms with Crippen molar-refractivity contribution in [3.05, 3.63) is 35.9 Å². The first-order chi connectivity index (χ1) is 10.8. The molecule has 0 unspecified atom stereocenters. The van der Waals surface area contributed by atoms with Gasteiger partial charge in [0.2, 0.25) is 5.91 Å². The van der Waals surface area contributed by atoms with Gasteiger partial charge in [-0.2, -0.15) is 0 Å². The first-order valence-corrected chi connectivity index (χ1v) is 8.76. The summed E-state index contributed by atoms with van der Waals surface area (Å²) in [5.41, 5.74) is 0.992. The lowest BCUT2D eigenvalue weighted by molar-refractivity contribution is -0.138. The van der Waals surface area contributed by atoms with Crippen LogP contribution >= 0.6 is 0 Å². The van der Waals surface area contributed by atoms with Gasteiger partial charge in [0.15, 0.2) is 0 Å². The van der Waals surface area contributed by atoms with Crippen molar-refractivity contribution in [1.29, 1.82) is 0 Å². The molecule has 1 aliphatic carbocycles. The third kappa shape index (κ3) is 2.91. The molecule has 1 heterocycles. The van der Waals surface area contributed by atoms with Crippen molar-refractivity contribution in [2.45, 2.75) is 43.9 Å². The third-order valence-corrected chi connectivity index (χ3v) is 5.59. The molecule has 22 heavy (non-hydrogen) atoms. The number of piperidine rings is 1. The molecule has 3 nitrogen and oxygen atoms in total. The molecule has 0 aromatic heterocycles. The fourth-order valence-corrected chi connectivity index (χ4v) is 4.29. The first kappa shape index (κ1) is 15.5. The van der Waals surface area contributed by atoms with Gasteiger partial charge >= 0.3 is 0 Å². The van der Waals surface area contributed by atoms with Gasteiger partial charge in [-0.05, 0) is 50.8 Å². The second kappa shape index (κ2) is 6.82. The number of benzene rings is 1. The van der Waals surface area contributed by atoms with Crippen LogP contribution < -0.4 is 5.32 Å². The van der Waals surface area contributed by atoms with Gasteiger partial charge in [0.05, 0.1) is 5.41 Å². The van der Waals surface area contributed by atoms with Crippen LogP contribution in [0.3, 0.4) is 0 Å². The molecule has 1 saturated heterocycles. The summed E-state index contributed by atoms with van der Waals surface area (Å²) in [5.74, 6) is 1.12. The lowest BCUT2D eigenvalue weighted by Gasteiger charge is -2.39. The zero-order valence-electron chi connectivity index (χ0n) is 13.7. The second-order valence-corrected chi connectivity index (χ2v) is 6.95. The largest absolute Gasteiger partial charge is 0.342 e. The Morgan fingerprint density at radius 1 is 1.18 bits per heavy atom. The molecule has 0 spiro atoms. The third-order valence-electron chi connectivity index (χ3n) is 5.59. The van der Waals surface area contributed by atoms with Crippen molar-refractivity contribution in [1.82, 2.24) is 10.2 Å². The molecule has 1 saturated carbocycles. The van der Waals surface area contributed by atoms with E-state index in [0.29, 0.717) is 5.91 Å². The lowest BCUT2D eigenvalue weighted by atomic mass is 9.77. The lowest BCUT2D eigenvalue weighted by Crippen LogP contribution is -2.49. The van der Waals surface area contributed by atoms with Crippen molar-refractivity contribution in [3.8, 4) is 0 Å². The molecule has 0 bridgehead atoms. The van der Waals surface area contributed by atoms with Crippen molar-refractivity contribution < 1.29 is 4.79 Å². The molecular formula is C19H28N2O. The summed E-state index contributed by atoms with van der Waals surface area (Å²) in [6.45, 7) is 2.94. The molecule has 1 amide bonds. The molecule has 3 heteroatoms. The Kier molecular flexibility index (Phi) is 4.82. The zero-order chi connectivity index (χ0) is 15.4. The number of nitrogens with one attached hydrogen (secondary N) is 1. The monoisotopic (exact) mass is 300 g/mol. The average Bonchev–Trinajstić information content (AvgIpc) is 3.07. The van der Waals surface area contributed by atoms with Crippen molar-refractivity contribution >= 4 is 5.91 Å². The van der Waals surface area contributed by atoms with Gasteiger partial charge < -0.3 is 10.2 Å². The average molecular weight is 300 g/mol. The molecule has 3 rings (SSSR count). The number of hydrogen-bond donors (Lipinski definition) is 1. The van der Waals surface area contributed by atoms with E-state index in [1.165, 1.54) is 18.4 Å². The van der Waals surface area contributed by atoms with Crippen molar-refractivity contribution in [3.63, 3.8) is 0 Å². The van der Waals surface area contributed by atoms with Gasteiger partial charge in [-0.25, -0.2) is 0 Å². The summed E-state index contributed by atoms with van der Waals surface area (Å²) in [5, 5.41) is 3.27. The van der Waals surface area contributed by atoms with E-state index < -0.39 is 0 Å². The minimum Gasteiger partial charge on any atom is -0.342 e. The van der Waals surface area contributed by atoms with E-state index >= 15 is 0 Å². The number of hydrogen-bond acceptors (Lipinski definition) is 2. The minimum absolute atomic E-state index is 0.239. The van der Waals surface area contributed by atoms with Crippen LogP contribution in [0.4, 0.5) is 0 Å². The van der Waals surface area contributed by atoms with Gasteiger partial charge in [0, 0.05) is 13.1 Å². The molecule has 1 aromatic carbocycles. The molecule has 1 N–H and O–H groups in total. The molecular weight excluding hydrogens is 272 g/mol. The van der Waals surface area contributed by atoms with Crippen LogP contribution in [0.25, 0.3) is 0 Å². The van der Waals surface area contributed by atoms with Crippen molar-refractivity contribution in [2.75, 3.05) is 26.7 Å². The van der Waals surface area contributed by atoms with Crippen molar-refractivity contribution in [2.24, 2.45) is 5.92 Å². The predicted molar refractivity (Wildman–Crippen MR) is 89.8 cm³/mol. The maximum absolute atomic E-state index is 13.3. The highest BCUT2D eigenvalue weighted by molar-refractivity contribution is 5.88. The maximum Gasteiger partial charge on any atom is 0.233 e. The quantitative estimate of drug-likeness (QED) is 0.927. The van der Waals surface area contributed by atoms with E-state index in [-0.39, 0.29) is 5.41 Å². The Bertz CT molecular complexity index is 485. The molecule has 1 aromatic rings. The van der Waals surface area contributed by atoms with E-state index in [1.807, 2.05) is 13.1 Å². The highest BCUT2D eigenvalue weighted by atomic mass is 16.2. The normalized spacial score (nSPS) is 22.0. The SMILES string of the molecule is CNCC1CCN(C(=O)C2(c3ccccc3)CCCC2)CC1. The van der Waals surface area contributed by atoms with Crippen LogP contribution in [0.15, 0.2) is 30.3 Å². The summed E-state index contributed by atoms with van der Waals surface area (Å²) in [6.07, 6.45) is 6.67. The van der Waals surface area contributed by atoms with E-state index in [1.54, 1.807) is 0 Å². The summed E-state index contributed by atoms with van der Waals surface area (Å²) >= 11 is 0. The highest BCUT2D eigenvalue weighted by Gasteiger charge is 2.45. The van der Waals surface area contributed by atoms with Crippen LogP contribution in [0, 0.1) is 5.92 Å². The molecule has 0 atom stereocenters. The van der Waals surface area contributed by atoms with E-state index in [0.717, 1.165) is 51.2 Å². The van der Waals surface area contributed by atoms with Gasteiger partial charge in [-0.1, -0.05) is 43.2 Å². The zero-order valence-corrected chi connectivity index (χ0v) is 13.7. The Morgan fingerprint density at radius 3 is 2.41 bits per heavy atom.